The molecule has 6 aromatic carbocycles. The number of hydrogen-bond acceptors (Lipinski definition) is 11. The van der Waals surface area contributed by atoms with Gasteiger partial charge in [0.25, 0.3) is 0 Å². The van der Waals surface area contributed by atoms with Crippen molar-refractivity contribution in [3.8, 4) is 22.9 Å². The Morgan fingerprint density at radius 1 is 0.564 bits per heavy atom. The molecule has 0 saturated carbocycles. The summed E-state index contributed by atoms with van der Waals surface area (Å²) in [5.41, 5.74) is 32.7. The minimum atomic E-state index is -0.366. The predicted octanol–water partition coefficient (Wildman–Crippen LogP) is 13.9. The molecule has 10 aromatic rings. The molecular weight excluding hydrogens is 1090 g/mol. The lowest BCUT2D eigenvalue weighted by molar-refractivity contribution is 0.262. The zero-order valence-electron chi connectivity index (χ0n) is 46.4. The van der Waals surface area contributed by atoms with Gasteiger partial charge in [0.05, 0.1) is 28.5 Å². The van der Waals surface area contributed by atoms with Crippen molar-refractivity contribution in [1.82, 2.24) is 29.5 Å². The van der Waals surface area contributed by atoms with Crippen molar-refractivity contribution < 1.29 is 15.6 Å². The van der Waals surface area contributed by atoms with Gasteiger partial charge in [0.1, 0.15) is 48.0 Å². The van der Waals surface area contributed by atoms with Gasteiger partial charge < -0.3 is 37.7 Å². The highest BCUT2D eigenvalue weighted by molar-refractivity contribution is 14.1. The highest BCUT2D eigenvalue weighted by Gasteiger charge is 2.23. The van der Waals surface area contributed by atoms with Crippen molar-refractivity contribution in [3.63, 3.8) is 0 Å². The molecule has 78 heavy (non-hydrogen) atoms. The van der Waals surface area contributed by atoms with Gasteiger partial charge in [0.15, 0.2) is 0 Å². The van der Waals surface area contributed by atoms with Gasteiger partial charge in [-0.3, -0.25) is 5.32 Å². The Kier molecular flexibility index (Phi) is 18.1. The van der Waals surface area contributed by atoms with Crippen LogP contribution in [0.1, 0.15) is 76.6 Å². The molecule has 0 aliphatic rings. The molecule has 0 spiro atoms. The van der Waals surface area contributed by atoms with Crippen LogP contribution >= 0.6 is 22.6 Å². The number of benzene rings is 6. The molecule has 4 heterocycles. The number of urea groups is 1. The first-order valence-corrected chi connectivity index (χ1v) is 26.7. The maximum Gasteiger partial charge on any atom is 0.324 e. The molecule has 0 saturated heterocycles. The van der Waals surface area contributed by atoms with Gasteiger partial charge in [-0.2, -0.15) is 10.2 Å². The van der Waals surface area contributed by atoms with E-state index in [2.05, 4.69) is 86.3 Å². The van der Waals surface area contributed by atoms with Gasteiger partial charge >= 0.3 is 6.03 Å². The molecule has 10 rings (SSSR count). The first-order chi connectivity index (χ1) is 37.7. The average molecular weight is 1160 g/mol. The van der Waals surface area contributed by atoms with Crippen LogP contribution in [0.2, 0.25) is 0 Å². The van der Waals surface area contributed by atoms with Crippen LogP contribution in [0.5, 0.6) is 11.5 Å². The van der Waals surface area contributed by atoms with E-state index < -0.39 is 0 Å². The second-order valence-corrected chi connectivity index (χ2v) is 20.6. The second kappa shape index (κ2) is 25.5. The second-order valence-electron chi connectivity index (χ2n) is 20.6. The highest BCUT2D eigenvalue weighted by atomic mass is 127. The van der Waals surface area contributed by atoms with Crippen molar-refractivity contribution in [2.45, 2.75) is 79.4 Å². The molecule has 0 aliphatic carbocycles. The zero-order valence-corrected chi connectivity index (χ0v) is 47.5. The molecule has 16 heteroatoms. The fourth-order valence-electron chi connectivity index (χ4n) is 8.06. The van der Waals surface area contributed by atoms with Crippen molar-refractivity contribution in [2.75, 3.05) is 38.5 Å². The van der Waals surface area contributed by atoms with Crippen LogP contribution in [-0.4, -0.2) is 40.5 Å². The number of anilines is 6. The number of halogens is 1. The van der Waals surface area contributed by atoms with Crippen molar-refractivity contribution in [3.05, 3.63) is 204 Å². The highest BCUT2D eigenvalue weighted by Crippen LogP contribution is 2.34. The van der Waals surface area contributed by atoms with Gasteiger partial charge in [-0.25, -0.2) is 24.1 Å². The van der Waals surface area contributed by atoms with Gasteiger partial charge in [-0.1, -0.05) is 148 Å². The van der Waals surface area contributed by atoms with E-state index in [0.29, 0.717) is 52.8 Å². The molecular formula is C62H69IN12O3. The van der Waals surface area contributed by atoms with Crippen LogP contribution in [0.15, 0.2) is 170 Å². The number of alkyl halides is 1. The minimum Gasteiger partial charge on any atom is -0.488 e. The maximum atomic E-state index is 13.2. The first kappa shape index (κ1) is 55.6. The van der Waals surface area contributed by atoms with E-state index in [1.807, 2.05) is 163 Å². The molecule has 0 radical (unpaired) electrons. The van der Waals surface area contributed by atoms with Crippen molar-refractivity contribution in [1.29, 1.82) is 0 Å². The van der Waals surface area contributed by atoms with Crippen LogP contribution in [0, 0.1) is 13.8 Å². The summed E-state index contributed by atoms with van der Waals surface area (Å²) < 4.78 is 21.7. The molecule has 2 amide bonds. The van der Waals surface area contributed by atoms with Crippen LogP contribution in [0.25, 0.3) is 32.9 Å². The molecule has 10 N–H and O–H groups in total. The predicted molar refractivity (Wildman–Crippen MR) is 329 cm³/mol. The number of aromatic nitrogens is 6. The summed E-state index contributed by atoms with van der Waals surface area (Å²) in [5.74, 6) is 3.73. The van der Waals surface area contributed by atoms with Crippen LogP contribution in [0.4, 0.5) is 39.4 Å². The number of pyridine rings is 2. The van der Waals surface area contributed by atoms with E-state index in [1.54, 1.807) is 33.9 Å². The lowest BCUT2D eigenvalue weighted by Gasteiger charge is -2.14. The summed E-state index contributed by atoms with van der Waals surface area (Å²) in [4.78, 5) is 21.7. The monoisotopic (exact) mass is 1160 g/mol. The summed E-state index contributed by atoms with van der Waals surface area (Å²) in [6.07, 6.45) is 3.34. The van der Waals surface area contributed by atoms with Crippen LogP contribution in [0.3, 0.4) is 0 Å². The lowest BCUT2D eigenvalue weighted by atomic mass is 9.92. The largest absolute Gasteiger partial charge is 0.488 e. The minimum absolute atomic E-state index is 0.0179. The van der Waals surface area contributed by atoms with Gasteiger partial charge in [-0.15, -0.1) is 0 Å². The molecule has 4 aromatic heterocycles. The Morgan fingerprint density at radius 2 is 1.01 bits per heavy atom. The number of nitrogens with one attached hydrogen (secondary N) is 2. The summed E-state index contributed by atoms with van der Waals surface area (Å²) in [6, 6.07) is 50.2. The summed E-state index contributed by atoms with van der Waals surface area (Å²) >= 11 is 1.96. The number of hydrogen-bond donors (Lipinski definition) is 6. The number of aryl methyl sites for hydroxylation is 2. The Labute approximate surface area is 471 Å². The number of nitrogen functional groups attached to an aromatic ring is 4. The summed E-state index contributed by atoms with van der Waals surface area (Å²) in [6.45, 7) is 17.6. The normalized spacial score (nSPS) is 11.2. The van der Waals surface area contributed by atoms with Gasteiger partial charge in [-0.05, 0) is 103 Å². The first-order valence-electron chi connectivity index (χ1n) is 25.9. The Hall–Kier alpha value is -8.64. The third-order valence-electron chi connectivity index (χ3n) is 12.3. The number of ether oxygens (including phenoxy) is 2. The van der Waals surface area contributed by atoms with E-state index in [4.69, 9.17) is 38.9 Å². The summed E-state index contributed by atoms with van der Waals surface area (Å²) in [7, 11) is 0. The number of amides is 2. The van der Waals surface area contributed by atoms with Crippen LogP contribution in [-0.2, 0) is 24.0 Å². The van der Waals surface area contributed by atoms with E-state index in [0.717, 1.165) is 72.4 Å². The van der Waals surface area contributed by atoms with Crippen molar-refractivity contribution >= 4 is 84.8 Å². The van der Waals surface area contributed by atoms with E-state index >= 15 is 0 Å². The standard InChI is InChI=1S/C31H32N6O2.C16H15N3O.C14H19N3.CH3I/c1-20-9-11-22(12-10-20)37-29(18-27(36-37)31(2,3)4)35-30(38)34-25-13-14-26(24-8-6-5-7-23(24)25)39-19-21-15-16-33-28(32)17-21;17-14-5-6-15(13-4-2-1-3-12(13)14)20-10-11-7-8-19-16(18)9-11;1-10-5-7-11(8-6-10)17-13(15)9-12(16-17)14(2,3)4;1-2/h5-18H,19H2,1-4H3,(H2,32,33)(H2,34,35,38);1-9H,10,17H2,(H2,18,19);5-9H,15H2,1-4H3;1H3/i;;;1D. The van der Waals surface area contributed by atoms with E-state index in [9.17, 15) is 4.79 Å². The maximum absolute atomic E-state index is 13.2. The molecule has 15 nitrogen and oxygen atoms in total. The van der Waals surface area contributed by atoms with Crippen LogP contribution < -0.4 is 43.0 Å². The lowest BCUT2D eigenvalue weighted by Crippen LogP contribution is -2.21. The van der Waals surface area contributed by atoms with Gasteiger partial charge in [0.2, 0.25) is 0 Å². The number of rotatable bonds is 10. The fraction of sp³-hybridized carbons (Fsp3) is 0.210. The Balaban J connectivity index is 0.000000187. The Bertz CT molecular complexity index is 3640. The molecule has 402 valence electrons. The molecule has 0 aliphatic heterocycles. The number of carbonyl (C=O) groups is 1. The van der Waals surface area contributed by atoms with Gasteiger partial charge in [0, 0.05) is 64.0 Å². The van der Waals surface area contributed by atoms with E-state index in [1.165, 1.54) is 5.56 Å². The fourth-order valence-corrected chi connectivity index (χ4v) is 8.06. The average Bonchev–Trinajstić information content (AvgIpc) is 4.11. The van der Waals surface area contributed by atoms with E-state index in [-0.39, 0.29) is 16.9 Å². The third kappa shape index (κ3) is 14.8. The number of nitrogens with zero attached hydrogens (tertiary/aromatic N) is 6. The number of nitrogens with two attached hydrogens (primary N) is 4. The quantitative estimate of drug-likeness (QED) is 0.0429. The Morgan fingerprint density at radius 3 is 1.51 bits per heavy atom. The molecule has 0 bridgehead atoms. The van der Waals surface area contributed by atoms with Crippen molar-refractivity contribution in [2.24, 2.45) is 0 Å². The molecule has 0 unspecified atom stereocenters. The zero-order chi connectivity index (χ0) is 56.9. The molecule has 0 fully saturated rings. The number of fused-ring (bicyclic) bond motifs is 2. The topological polar surface area (TPSA) is 225 Å². The number of carbonyl (C=O) groups excluding carboxylic acids is 1. The third-order valence-corrected chi connectivity index (χ3v) is 12.3. The summed E-state index contributed by atoms with van der Waals surface area (Å²) in [5, 5.41) is 19.1. The SMILES string of the molecule is Cc1ccc(-n2nc(C(C)(C)C)cc2N)cc1.Cc1ccc(-n2nc(C(C)(C)C)cc2NC(=O)Nc2ccc(OCc3ccnc(N)c3)c3ccccc23)cc1.Nc1cc(COc2ccc(N)c3ccccc23)ccn1.[2H]CI. The smallest absolute Gasteiger partial charge is 0.324 e. The molecule has 0 atom stereocenters.